The Bertz CT molecular complexity index is 470. The first-order chi connectivity index (χ1) is 11.3. The Morgan fingerprint density at radius 1 is 1.29 bits per heavy atom. The molecule has 9 heteroatoms. The van der Waals surface area contributed by atoms with Crippen LogP contribution in [0.1, 0.15) is 58.3 Å². The fourth-order valence-corrected chi connectivity index (χ4v) is 2.76. The van der Waals surface area contributed by atoms with Gasteiger partial charge in [-0.2, -0.15) is 18.4 Å². The van der Waals surface area contributed by atoms with E-state index in [2.05, 4.69) is 5.32 Å². The van der Waals surface area contributed by atoms with E-state index in [1.807, 2.05) is 0 Å². The summed E-state index contributed by atoms with van der Waals surface area (Å²) in [5, 5.41) is 10.8. The highest BCUT2D eigenvalue weighted by atomic mass is 19.4. The standard InChI is InChI=1S/C15H23F3N4O2/c1-2-6-12(14(24)20-11-7-4-3-5-8-11)22(15(16,17)18)21-13(23)9-10-19/h11-12H,2-9H2,1H3,(H,20,24)(H,21,23). The lowest BCUT2D eigenvalue weighted by Crippen LogP contribution is -2.61. The summed E-state index contributed by atoms with van der Waals surface area (Å²) in [6.45, 7) is 1.66. The SMILES string of the molecule is CCCC(C(=O)NC1CCCCC1)N(NC(=O)CC#N)C(F)(F)F. The number of amides is 2. The molecule has 1 fully saturated rings. The number of nitrogens with one attached hydrogen (secondary N) is 2. The van der Waals surface area contributed by atoms with Gasteiger partial charge in [0.15, 0.2) is 0 Å². The van der Waals surface area contributed by atoms with E-state index in [4.69, 9.17) is 5.26 Å². The van der Waals surface area contributed by atoms with Crippen LogP contribution in [0.2, 0.25) is 0 Å². The average Bonchev–Trinajstić information content (AvgIpc) is 2.51. The summed E-state index contributed by atoms with van der Waals surface area (Å²) in [5.41, 5.74) is 1.65. The predicted octanol–water partition coefficient (Wildman–Crippen LogP) is 2.37. The molecule has 1 atom stereocenters. The number of hydrogen-bond donors (Lipinski definition) is 2. The minimum absolute atomic E-state index is 0.0646. The number of nitrogens with zero attached hydrogens (tertiary/aromatic N) is 2. The van der Waals surface area contributed by atoms with Gasteiger partial charge >= 0.3 is 6.30 Å². The monoisotopic (exact) mass is 348 g/mol. The molecule has 0 radical (unpaired) electrons. The number of hydrogen-bond acceptors (Lipinski definition) is 4. The molecule has 0 aromatic carbocycles. The van der Waals surface area contributed by atoms with Crippen LogP contribution in [0, 0.1) is 11.3 Å². The van der Waals surface area contributed by atoms with Crippen LogP contribution in [0.15, 0.2) is 0 Å². The van der Waals surface area contributed by atoms with Crippen LogP contribution >= 0.6 is 0 Å². The third-order valence-corrected chi connectivity index (χ3v) is 3.89. The molecule has 1 saturated carbocycles. The van der Waals surface area contributed by atoms with Gasteiger partial charge < -0.3 is 5.32 Å². The van der Waals surface area contributed by atoms with Crippen LogP contribution in [0.5, 0.6) is 0 Å². The predicted molar refractivity (Wildman–Crippen MR) is 80.0 cm³/mol. The Morgan fingerprint density at radius 3 is 2.42 bits per heavy atom. The number of nitriles is 1. The van der Waals surface area contributed by atoms with E-state index < -0.39 is 30.6 Å². The molecule has 1 rings (SSSR count). The van der Waals surface area contributed by atoms with Crippen molar-refractivity contribution in [2.45, 2.75) is 76.7 Å². The van der Waals surface area contributed by atoms with Crippen molar-refractivity contribution in [3.63, 3.8) is 0 Å². The normalized spacial score (nSPS) is 17.2. The van der Waals surface area contributed by atoms with Gasteiger partial charge in [0.1, 0.15) is 12.5 Å². The van der Waals surface area contributed by atoms with E-state index in [1.165, 1.54) is 6.07 Å². The number of carbonyl (C=O) groups is 2. The highest BCUT2D eigenvalue weighted by Crippen LogP contribution is 2.25. The fraction of sp³-hybridized carbons (Fsp3) is 0.800. The first-order valence-corrected chi connectivity index (χ1v) is 8.12. The van der Waals surface area contributed by atoms with Gasteiger partial charge in [-0.3, -0.25) is 15.0 Å². The smallest absolute Gasteiger partial charge is 0.352 e. The zero-order valence-electron chi connectivity index (χ0n) is 13.7. The van der Waals surface area contributed by atoms with Crippen molar-refractivity contribution >= 4 is 11.8 Å². The summed E-state index contributed by atoms with van der Waals surface area (Å²) >= 11 is 0. The van der Waals surface area contributed by atoms with E-state index in [0.717, 1.165) is 32.1 Å². The zero-order valence-corrected chi connectivity index (χ0v) is 13.7. The van der Waals surface area contributed by atoms with Crippen molar-refractivity contribution in [2.24, 2.45) is 0 Å². The summed E-state index contributed by atoms with van der Waals surface area (Å²) in [6, 6.07) is -0.202. The second kappa shape index (κ2) is 9.47. The van der Waals surface area contributed by atoms with Gasteiger partial charge in [-0.25, -0.2) is 0 Å². The van der Waals surface area contributed by atoms with Gasteiger partial charge in [-0.1, -0.05) is 32.6 Å². The Balaban J connectivity index is 2.87. The molecule has 0 aromatic heterocycles. The van der Waals surface area contributed by atoms with Gasteiger partial charge in [0, 0.05) is 6.04 Å². The van der Waals surface area contributed by atoms with E-state index in [-0.39, 0.29) is 17.5 Å². The topological polar surface area (TPSA) is 85.2 Å². The third kappa shape index (κ3) is 6.35. The molecule has 0 aromatic rings. The molecule has 0 heterocycles. The summed E-state index contributed by atoms with van der Waals surface area (Å²) in [4.78, 5) is 23.8. The largest absolute Gasteiger partial charge is 0.478 e. The maximum atomic E-state index is 13.3. The third-order valence-electron chi connectivity index (χ3n) is 3.89. The molecule has 0 saturated heterocycles. The molecule has 6 nitrogen and oxygen atoms in total. The van der Waals surface area contributed by atoms with Crippen LogP contribution < -0.4 is 10.7 Å². The quantitative estimate of drug-likeness (QED) is 0.546. The Morgan fingerprint density at radius 2 is 1.92 bits per heavy atom. The number of hydrazine groups is 1. The lowest BCUT2D eigenvalue weighted by Gasteiger charge is -2.33. The van der Waals surface area contributed by atoms with E-state index >= 15 is 0 Å². The van der Waals surface area contributed by atoms with Crippen molar-refractivity contribution in [1.29, 1.82) is 5.26 Å². The number of rotatable bonds is 7. The van der Waals surface area contributed by atoms with Gasteiger partial charge in [0.25, 0.3) is 0 Å². The molecule has 136 valence electrons. The second-order valence-electron chi connectivity index (χ2n) is 5.86. The van der Waals surface area contributed by atoms with Crippen LogP contribution in [-0.4, -0.2) is 35.2 Å². The summed E-state index contributed by atoms with van der Waals surface area (Å²) in [6.07, 6.45) is -0.937. The lowest BCUT2D eigenvalue weighted by molar-refractivity contribution is -0.273. The first-order valence-electron chi connectivity index (χ1n) is 8.12. The Kier molecular flexibility index (Phi) is 7.98. The van der Waals surface area contributed by atoms with Gasteiger partial charge in [0.05, 0.1) is 6.07 Å². The number of alkyl halides is 3. The lowest BCUT2D eigenvalue weighted by atomic mass is 9.95. The second-order valence-corrected chi connectivity index (χ2v) is 5.86. The Labute approximate surface area is 139 Å². The van der Waals surface area contributed by atoms with Crippen molar-refractivity contribution in [3.8, 4) is 6.07 Å². The fourth-order valence-electron chi connectivity index (χ4n) is 2.76. The van der Waals surface area contributed by atoms with Crippen LogP contribution in [0.4, 0.5) is 13.2 Å². The van der Waals surface area contributed by atoms with Crippen molar-refractivity contribution in [1.82, 2.24) is 15.8 Å². The average molecular weight is 348 g/mol. The molecule has 0 aliphatic heterocycles. The maximum Gasteiger partial charge on any atom is 0.478 e. The first kappa shape index (κ1) is 20.2. The number of halogens is 3. The molecule has 0 bridgehead atoms. The van der Waals surface area contributed by atoms with Crippen molar-refractivity contribution < 1.29 is 22.8 Å². The summed E-state index contributed by atoms with van der Waals surface area (Å²) in [7, 11) is 0. The molecule has 1 unspecified atom stereocenters. The Hall–Kier alpha value is -1.82. The van der Waals surface area contributed by atoms with E-state index in [9.17, 15) is 22.8 Å². The van der Waals surface area contributed by atoms with Gasteiger partial charge in [0.2, 0.25) is 11.8 Å². The molecular weight excluding hydrogens is 325 g/mol. The van der Waals surface area contributed by atoms with Crippen LogP contribution in [0.3, 0.4) is 0 Å². The number of carbonyl (C=O) groups excluding carboxylic acids is 2. The molecule has 2 N–H and O–H groups in total. The highest BCUT2D eigenvalue weighted by molar-refractivity contribution is 5.83. The summed E-state index contributed by atoms with van der Waals surface area (Å²) in [5.74, 6) is -1.85. The summed E-state index contributed by atoms with van der Waals surface area (Å²) < 4.78 is 39.8. The maximum absolute atomic E-state index is 13.3. The van der Waals surface area contributed by atoms with Crippen molar-refractivity contribution in [2.75, 3.05) is 0 Å². The molecule has 24 heavy (non-hydrogen) atoms. The van der Waals surface area contributed by atoms with Crippen LogP contribution in [0.25, 0.3) is 0 Å². The van der Waals surface area contributed by atoms with Gasteiger partial charge in [-0.15, -0.1) is 5.01 Å². The van der Waals surface area contributed by atoms with E-state index in [0.29, 0.717) is 6.42 Å². The molecule has 2 amide bonds. The van der Waals surface area contributed by atoms with Crippen molar-refractivity contribution in [3.05, 3.63) is 0 Å². The van der Waals surface area contributed by atoms with Crippen LogP contribution in [-0.2, 0) is 9.59 Å². The van der Waals surface area contributed by atoms with Gasteiger partial charge in [-0.05, 0) is 19.3 Å². The molecule has 0 spiro atoms. The highest BCUT2D eigenvalue weighted by Gasteiger charge is 2.46. The minimum Gasteiger partial charge on any atom is -0.352 e. The molecular formula is C15H23F3N4O2. The van der Waals surface area contributed by atoms with E-state index in [1.54, 1.807) is 12.3 Å². The molecule has 1 aliphatic rings. The zero-order chi connectivity index (χ0) is 18.2. The molecule has 1 aliphatic carbocycles. The minimum atomic E-state index is -4.92.